The minimum absolute atomic E-state index is 0.0469. The Bertz CT molecular complexity index is 2100. The second-order valence-corrected chi connectivity index (χ2v) is 15.5. The second kappa shape index (κ2) is 12.6. The molecule has 3 atom stereocenters. The highest BCUT2D eigenvalue weighted by molar-refractivity contribution is 5.86. The molecule has 2 saturated carbocycles. The zero-order valence-corrected chi connectivity index (χ0v) is 29.4. The fourth-order valence-electron chi connectivity index (χ4n) is 10.9. The zero-order chi connectivity index (χ0) is 33.8. The Hall–Kier alpha value is -5.08. The molecule has 0 aromatic heterocycles. The summed E-state index contributed by atoms with van der Waals surface area (Å²) in [6.45, 7) is 0. The highest BCUT2D eigenvalue weighted by Crippen LogP contribution is 2.68. The molecule has 6 aromatic carbocycles. The topological polar surface area (TPSA) is 6.48 Å². The molecule has 0 N–H and O–H groups in total. The Morgan fingerprint density at radius 1 is 0.392 bits per heavy atom. The molecule has 3 unspecified atom stereocenters. The second-order valence-electron chi connectivity index (χ2n) is 15.5. The number of fused-ring (bicyclic) bond motifs is 2. The number of hydrogen-bond acceptors (Lipinski definition) is 2. The third kappa shape index (κ3) is 4.90. The van der Waals surface area contributed by atoms with Crippen molar-refractivity contribution in [3.05, 3.63) is 179 Å². The van der Waals surface area contributed by atoms with E-state index >= 15 is 0 Å². The number of anilines is 6. The average Bonchev–Trinajstić information content (AvgIpc) is 3.83. The Kier molecular flexibility index (Phi) is 7.59. The van der Waals surface area contributed by atoms with Crippen molar-refractivity contribution in [2.75, 3.05) is 9.80 Å². The predicted octanol–water partition coefficient (Wildman–Crippen LogP) is 13.1. The molecule has 4 aliphatic rings. The fourth-order valence-corrected chi connectivity index (χ4v) is 10.9. The maximum atomic E-state index is 2.59. The van der Waals surface area contributed by atoms with E-state index in [1.165, 1.54) is 95.8 Å². The summed E-state index contributed by atoms with van der Waals surface area (Å²) in [5.74, 6) is 1.87. The Balaban J connectivity index is 1.19. The lowest BCUT2D eigenvalue weighted by atomic mass is 9.68. The van der Waals surface area contributed by atoms with E-state index in [4.69, 9.17) is 0 Å². The van der Waals surface area contributed by atoms with E-state index < -0.39 is 0 Å². The molecule has 0 saturated heterocycles. The van der Waals surface area contributed by atoms with Crippen LogP contribution >= 0.6 is 0 Å². The van der Waals surface area contributed by atoms with Gasteiger partial charge in [0.1, 0.15) is 0 Å². The summed E-state index contributed by atoms with van der Waals surface area (Å²) in [4.78, 5) is 5.12. The predicted molar refractivity (Wildman–Crippen MR) is 212 cm³/mol. The molecule has 0 radical (unpaired) electrons. The van der Waals surface area contributed by atoms with E-state index in [0.717, 1.165) is 12.8 Å². The van der Waals surface area contributed by atoms with Gasteiger partial charge >= 0.3 is 0 Å². The maximum absolute atomic E-state index is 2.59. The molecule has 4 aliphatic carbocycles. The van der Waals surface area contributed by atoms with Gasteiger partial charge < -0.3 is 9.80 Å². The summed E-state index contributed by atoms with van der Waals surface area (Å²) in [5, 5.41) is 0. The van der Waals surface area contributed by atoms with Crippen LogP contribution in [-0.2, 0) is 18.3 Å². The molecule has 252 valence electrons. The first-order valence-electron chi connectivity index (χ1n) is 19.4. The Morgan fingerprint density at radius 2 is 0.824 bits per heavy atom. The quantitative estimate of drug-likeness (QED) is 0.168. The van der Waals surface area contributed by atoms with E-state index in [-0.39, 0.29) is 5.41 Å². The van der Waals surface area contributed by atoms with Gasteiger partial charge in [-0.2, -0.15) is 0 Å². The molecule has 0 amide bonds. The summed E-state index contributed by atoms with van der Waals surface area (Å²) in [6.07, 6.45) is 11.6. The van der Waals surface area contributed by atoms with E-state index in [2.05, 4.69) is 161 Å². The molecule has 6 aromatic rings. The highest BCUT2D eigenvalue weighted by Gasteiger charge is 2.62. The van der Waals surface area contributed by atoms with Gasteiger partial charge in [-0.05, 0) is 145 Å². The monoisotopic (exact) mass is 662 g/mol. The first-order valence-corrected chi connectivity index (χ1v) is 19.4. The van der Waals surface area contributed by atoms with Gasteiger partial charge in [0.15, 0.2) is 0 Å². The van der Waals surface area contributed by atoms with Crippen molar-refractivity contribution in [3.63, 3.8) is 0 Å². The van der Waals surface area contributed by atoms with Gasteiger partial charge in [-0.3, -0.25) is 0 Å². The van der Waals surface area contributed by atoms with Gasteiger partial charge in [0.2, 0.25) is 0 Å². The van der Waals surface area contributed by atoms with Crippen molar-refractivity contribution >= 4 is 34.1 Å². The molecule has 10 rings (SSSR count). The summed E-state index contributed by atoms with van der Waals surface area (Å²) in [6, 6.07) is 57.2. The summed E-state index contributed by atoms with van der Waals surface area (Å²) >= 11 is 0. The van der Waals surface area contributed by atoms with Crippen LogP contribution in [0.5, 0.6) is 0 Å². The standard InChI is InChI=1S/C49H46N2/c1-5-15-35(16-6-1)36-27-31-44(32-28-36)51(43-23-11-4-12-24-43)46-26-14-18-38-34-40-30-29-39-33-37-17-13-25-45(47(37)49(39,40)48(38)46)50(41-19-7-2-8-20-41)42-21-9-3-10-22-42/h2-4,7-14,17-28,31-32,35,39-40H,1,5-6,15-16,29-30,33-34H2. The number of para-hydroxylation sites is 3. The summed E-state index contributed by atoms with van der Waals surface area (Å²) < 4.78 is 0. The van der Waals surface area contributed by atoms with Crippen LogP contribution in [0.25, 0.3) is 0 Å². The van der Waals surface area contributed by atoms with Crippen LogP contribution in [0.4, 0.5) is 34.1 Å². The van der Waals surface area contributed by atoms with Crippen molar-refractivity contribution in [1.29, 1.82) is 0 Å². The molecule has 0 bridgehead atoms. The van der Waals surface area contributed by atoms with Crippen LogP contribution in [-0.4, -0.2) is 0 Å². The lowest BCUT2D eigenvalue weighted by Crippen LogP contribution is -2.34. The smallest absolute Gasteiger partial charge is 0.0505 e. The Labute approximate surface area is 303 Å². The summed E-state index contributed by atoms with van der Waals surface area (Å²) in [7, 11) is 0. The molecule has 2 nitrogen and oxygen atoms in total. The largest absolute Gasteiger partial charge is 0.310 e. The number of nitrogens with zero attached hydrogens (tertiary/aromatic N) is 2. The number of benzene rings is 6. The van der Waals surface area contributed by atoms with Crippen molar-refractivity contribution < 1.29 is 0 Å². The number of rotatable bonds is 7. The molecule has 0 aliphatic heterocycles. The van der Waals surface area contributed by atoms with Crippen LogP contribution < -0.4 is 9.80 Å². The van der Waals surface area contributed by atoms with E-state index in [0.29, 0.717) is 17.8 Å². The van der Waals surface area contributed by atoms with Crippen LogP contribution in [0, 0.1) is 11.8 Å². The van der Waals surface area contributed by atoms with Crippen LogP contribution in [0.2, 0.25) is 0 Å². The van der Waals surface area contributed by atoms with Crippen LogP contribution in [0.1, 0.15) is 78.7 Å². The molecule has 0 heterocycles. The molecular weight excluding hydrogens is 617 g/mol. The van der Waals surface area contributed by atoms with Crippen LogP contribution in [0.15, 0.2) is 152 Å². The first-order chi connectivity index (χ1) is 25.3. The minimum atomic E-state index is -0.0469. The van der Waals surface area contributed by atoms with Crippen molar-refractivity contribution in [3.8, 4) is 0 Å². The van der Waals surface area contributed by atoms with Crippen molar-refractivity contribution in [2.45, 2.75) is 69.1 Å². The lowest BCUT2D eigenvalue weighted by Gasteiger charge is -2.40. The third-order valence-corrected chi connectivity index (χ3v) is 12.9. The van der Waals surface area contributed by atoms with Gasteiger partial charge in [0, 0.05) is 28.2 Å². The van der Waals surface area contributed by atoms with E-state index in [1.54, 1.807) is 11.1 Å². The van der Waals surface area contributed by atoms with Crippen molar-refractivity contribution in [2.24, 2.45) is 11.8 Å². The average molecular weight is 663 g/mol. The van der Waals surface area contributed by atoms with Crippen molar-refractivity contribution in [1.82, 2.24) is 0 Å². The minimum Gasteiger partial charge on any atom is -0.310 e. The first kappa shape index (κ1) is 30.7. The molecule has 2 fully saturated rings. The fraction of sp³-hybridized carbons (Fsp3) is 0.265. The molecule has 2 heteroatoms. The summed E-state index contributed by atoms with van der Waals surface area (Å²) in [5.41, 5.74) is 15.3. The van der Waals surface area contributed by atoms with Gasteiger partial charge in [-0.1, -0.05) is 110 Å². The van der Waals surface area contributed by atoms with Gasteiger partial charge in [-0.15, -0.1) is 0 Å². The molecular formula is C49H46N2. The number of hydrogen-bond donors (Lipinski definition) is 0. The molecule has 51 heavy (non-hydrogen) atoms. The van der Waals surface area contributed by atoms with Gasteiger partial charge in [0.25, 0.3) is 0 Å². The maximum Gasteiger partial charge on any atom is 0.0505 e. The van der Waals surface area contributed by atoms with E-state index in [1.807, 2.05) is 0 Å². The SMILES string of the molecule is c1ccc(N(c2ccccc2)c2cccc3c2C24c5c(cccc5N(c5ccccc5)c5ccc(C6CCCCC6)cc5)CC2CCC4C3)cc1. The van der Waals surface area contributed by atoms with Gasteiger partial charge in [0.05, 0.1) is 11.4 Å². The van der Waals surface area contributed by atoms with Crippen LogP contribution in [0.3, 0.4) is 0 Å². The third-order valence-electron chi connectivity index (χ3n) is 12.9. The van der Waals surface area contributed by atoms with Gasteiger partial charge in [-0.25, -0.2) is 0 Å². The normalized spacial score (nSPS) is 21.8. The molecule has 1 spiro atoms. The zero-order valence-electron chi connectivity index (χ0n) is 29.4. The lowest BCUT2D eigenvalue weighted by molar-refractivity contribution is 0.350. The Morgan fingerprint density at radius 3 is 1.27 bits per heavy atom. The van der Waals surface area contributed by atoms with E-state index in [9.17, 15) is 0 Å². The highest BCUT2D eigenvalue weighted by atomic mass is 15.2.